The van der Waals surface area contributed by atoms with E-state index in [1.165, 1.54) is 5.56 Å². The van der Waals surface area contributed by atoms with Gasteiger partial charge >= 0.3 is 0 Å². The van der Waals surface area contributed by atoms with Crippen molar-refractivity contribution in [2.24, 2.45) is 11.8 Å². The summed E-state index contributed by atoms with van der Waals surface area (Å²) in [6.07, 6.45) is 4.95. The Labute approximate surface area is 150 Å². The number of hydrogen-bond acceptors (Lipinski definition) is 2. The smallest absolute Gasteiger partial charge is 0.230 e. The molecule has 1 aromatic rings. The minimum Gasteiger partial charge on any atom is -0.355 e. The third-order valence-electron chi connectivity index (χ3n) is 4.70. The molecule has 2 N–H and O–H groups in total. The van der Waals surface area contributed by atoms with E-state index in [-0.39, 0.29) is 23.7 Å². The van der Waals surface area contributed by atoms with E-state index >= 15 is 0 Å². The number of allylic oxidation sites excluding steroid dienone is 2. The monoisotopic (exact) mass is 340 g/mol. The highest BCUT2D eigenvalue weighted by Gasteiger charge is 2.35. The summed E-state index contributed by atoms with van der Waals surface area (Å²) in [4.78, 5) is 23.9. The van der Waals surface area contributed by atoms with Gasteiger partial charge in [-0.2, -0.15) is 0 Å². The Morgan fingerprint density at radius 2 is 2.16 bits per heavy atom. The quantitative estimate of drug-likeness (QED) is 0.747. The topological polar surface area (TPSA) is 58.2 Å². The summed E-state index contributed by atoms with van der Waals surface area (Å²) in [5.41, 5.74) is 4.18. The second kappa shape index (κ2) is 8.65. The van der Waals surface area contributed by atoms with Crippen molar-refractivity contribution in [1.29, 1.82) is 0 Å². The van der Waals surface area contributed by atoms with Gasteiger partial charge in [0.2, 0.25) is 11.8 Å². The van der Waals surface area contributed by atoms with Gasteiger partial charge in [0.1, 0.15) is 0 Å². The summed E-state index contributed by atoms with van der Waals surface area (Å²) in [5.74, 6) is -0.852. The summed E-state index contributed by atoms with van der Waals surface area (Å²) in [7, 11) is 0. The zero-order chi connectivity index (χ0) is 18.4. The second-order valence-electron chi connectivity index (χ2n) is 6.63. The van der Waals surface area contributed by atoms with Gasteiger partial charge in [0, 0.05) is 18.2 Å². The molecule has 0 spiro atoms. The van der Waals surface area contributed by atoms with Gasteiger partial charge in [-0.15, -0.1) is 0 Å². The Hall–Kier alpha value is -2.36. The minimum absolute atomic E-state index is 0.0664. The molecule has 1 aliphatic heterocycles. The van der Waals surface area contributed by atoms with Crippen molar-refractivity contribution in [1.82, 2.24) is 10.6 Å². The first kappa shape index (κ1) is 19.0. The molecule has 0 aromatic heterocycles. The van der Waals surface area contributed by atoms with E-state index in [4.69, 9.17) is 0 Å². The van der Waals surface area contributed by atoms with Crippen molar-refractivity contribution in [2.75, 3.05) is 6.54 Å². The van der Waals surface area contributed by atoms with E-state index in [9.17, 15) is 9.59 Å². The van der Waals surface area contributed by atoms with E-state index in [1.54, 1.807) is 6.92 Å². The standard InChI is InChI=1S/C21H28N2O2/c1-5-8-16-9-7-10-18(12-16)17(6-2)11-14(3)23-21(25)19-13-22-20(24)15(19)4/h7,9-12,15,19H,3,5-6,8,13H2,1-2,4H3,(H,22,24)(H,23,25)/b17-11+. The summed E-state index contributed by atoms with van der Waals surface area (Å²) in [6.45, 7) is 10.4. The number of carbonyl (C=O) groups excluding carboxylic acids is 2. The molecule has 0 aliphatic carbocycles. The summed E-state index contributed by atoms with van der Waals surface area (Å²) in [6, 6.07) is 8.51. The molecule has 1 fully saturated rings. The lowest BCUT2D eigenvalue weighted by Crippen LogP contribution is -2.33. The number of amides is 2. The van der Waals surface area contributed by atoms with E-state index in [0.717, 1.165) is 30.4 Å². The van der Waals surface area contributed by atoms with Crippen molar-refractivity contribution in [3.05, 3.63) is 53.7 Å². The number of hydrogen-bond donors (Lipinski definition) is 2. The summed E-state index contributed by atoms with van der Waals surface area (Å²) < 4.78 is 0. The van der Waals surface area contributed by atoms with Crippen molar-refractivity contribution < 1.29 is 9.59 Å². The van der Waals surface area contributed by atoms with Crippen LogP contribution in [0.4, 0.5) is 0 Å². The highest BCUT2D eigenvalue weighted by molar-refractivity contribution is 5.91. The highest BCUT2D eigenvalue weighted by atomic mass is 16.2. The Kier molecular flexibility index (Phi) is 6.57. The van der Waals surface area contributed by atoms with Crippen molar-refractivity contribution >= 4 is 17.4 Å². The fourth-order valence-corrected chi connectivity index (χ4v) is 3.15. The van der Waals surface area contributed by atoms with Crippen LogP contribution in [0.1, 0.15) is 44.7 Å². The molecule has 1 heterocycles. The van der Waals surface area contributed by atoms with E-state index in [2.05, 4.69) is 55.3 Å². The predicted molar refractivity (Wildman–Crippen MR) is 102 cm³/mol. The zero-order valence-corrected chi connectivity index (χ0v) is 15.4. The van der Waals surface area contributed by atoms with Crippen molar-refractivity contribution in [3.8, 4) is 0 Å². The average molecular weight is 340 g/mol. The maximum atomic E-state index is 12.4. The SMILES string of the molecule is C=C(/C=C(\CC)c1cccc(CCC)c1)NC(=O)C1CNC(=O)C1C. The Morgan fingerprint density at radius 1 is 1.40 bits per heavy atom. The van der Waals surface area contributed by atoms with Crippen LogP contribution >= 0.6 is 0 Å². The molecule has 0 radical (unpaired) electrons. The molecule has 4 nitrogen and oxygen atoms in total. The lowest BCUT2D eigenvalue weighted by atomic mass is 9.96. The molecule has 2 atom stereocenters. The largest absolute Gasteiger partial charge is 0.355 e. The molecule has 25 heavy (non-hydrogen) atoms. The number of aryl methyl sites for hydroxylation is 1. The predicted octanol–water partition coefficient (Wildman–Crippen LogP) is 3.44. The van der Waals surface area contributed by atoms with Gasteiger partial charge in [-0.3, -0.25) is 9.59 Å². The van der Waals surface area contributed by atoms with Crippen LogP contribution in [0.15, 0.2) is 42.6 Å². The molecule has 2 rings (SSSR count). The van der Waals surface area contributed by atoms with Gasteiger partial charge in [0.25, 0.3) is 0 Å². The van der Waals surface area contributed by atoms with Crippen LogP contribution in [0.3, 0.4) is 0 Å². The first-order valence-electron chi connectivity index (χ1n) is 9.03. The molecule has 1 saturated heterocycles. The molecule has 2 amide bonds. The van der Waals surface area contributed by atoms with E-state index in [1.807, 2.05) is 6.08 Å². The van der Waals surface area contributed by atoms with Gasteiger partial charge in [-0.05, 0) is 35.6 Å². The summed E-state index contributed by atoms with van der Waals surface area (Å²) >= 11 is 0. The second-order valence-corrected chi connectivity index (χ2v) is 6.63. The molecular formula is C21H28N2O2. The first-order valence-corrected chi connectivity index (χ1v) is 9.03. The fourth-order valence-electron chi connectivity index (χ4n) is 3.15. The number of benzene rings is 1. The Balaban J connectivity index is 2.08. The molecule has 4 heteroatoms. The maximum absolute atomic E-state index is 12.4. The zero-order valence-electron chi connectivity index (χ0n) is 15.4. The molecule has 2 unspecified atom stereocenters. The van der Waals surface area contributed by atoms with Crippen LogP contribution in [-0.2, 0) is 16.0 Å². The molecule has 0 bridgehead atoms. The van der Waals surface area contributed by atoms with Crippen LogP contribution in [0.5, 0.6) is 0 Å². The highest BCUT2D eigenvalue weighted by Crippen LogP contribution is 2.22. The lowest BCUT2D eigenvalue weighted by molar-refractivity contribution is -0.128. The van der Waals surface area contributed by atoms with Gasteiger partial charge in [-0.1, -0.05) is 58.0 Å². The van der Waals surface area contributed by atoms with Crippen molar-refractivity contribution in [3.63, 3.8) is 0 Å². The Bertz CT molecular complexity index is 691. The number of carbonyl (C=O) groups is 2. The summed E-state index contributed by atoms with van der Waals surface area (Å²) in [5, 5.41) is 5.57. The van der Waals surface area contributed by atoms with Gasteiger partial charge in [-0.25, -0.2) is 0 Å². The van der Waals surface area contributed by atoms with Gasteiger partial charge < -0.3 is 10.6 Å². The minimum atomic E-state index is -0.337. The van der Waals surface area contributed by atoms with Crippen LogP contribution in [-0.4, -0.2) is 18.4 Å². The van der Waals surface area contributed by atoms with E-state index in [0.29, 0.717) is 12.2 Å². The molecule has 1 aromatic carbocycles. The van der Waals surface area contributed by atoms with Crippen LogP contribution in [0.25, 0.3) is 5.57 Å². The maximum Gasteiger partial charge on any atom is 0.230 e. The van der Waals surface area contributed by atoms with Gasteiger partial charge in [0.15, 0.2) is 0 Å². The third kappa shape index (κ3) is 4.81. The lowest BCUT2D eigenvalue weighted by Gasteiger charge is -2.14. The van der Waals surface area contributed by atoms with Crippen LogP contribution in [0.2, 0.25) is 0 Å². The van der Waals surface area contributed by atoms with E-state index < -0.39 is 0 Å². The number of rotatable bonds is 7. The van der Waals surface area contributed by atoms with Crippen molar-refractivity contribution in [2.45, 2.75) is 40.0 Å². The number of nitrogens with one attached hydrogen (secondary N) is 2. The van der Waals surface area contributed by atoms with Crippen LogP contribution < -0.4 is 10.6 Å². The molecular weight excluding hydrogens is 312 g/mol. The average Bonchev–Trinajstić information content (AvgIpc) is 2.92. The first-order chi connectivity index (χ1) is 12.0. The van der Waals surface area contributed by atoms with Gasteiger partial charge in [0.05, 0.1) is 5.92 Å². The fraction of sp³-hybridized carbons (Fsp3) is 0.429. The van der Waals surface area contributed by atoms with Crippen LogP contribution in [0, 0.1) is 11.8 Å². The Morgan fingerprint density at radius 3 is 2.76 bits per heavy atom. The third-order valence-corrected chi connectivity index (χ3v) is 4.70. The molecule has 1 aliphatic rings. The molecule has 0 saturated carbocycles. The normalized spacial score (nSPS) is 20.3. The molecule has 134 valence electrons.